The Morgan fingerprint density at radius 1 is 1.06 bits per heavy atom. The van der Waals surface area contributed by atoms with Crippen LogP contribution in [-0.2, 0) is 31.7 Å². The van der Waals surface area contributed by atoms with Crippen LogP contribution in [0.5, 0.6) is 0 Å². The predicted octanol–water partition coefficient (Wildman–Crippen LogP) is 2.45. The average Bonchev–Trinajstić information content (AvgIpc) is 2.79. The van der Waals surface area contributed by atoms with Crippen LogP contribution < -0.4 is 10.0 Å². The van der Waals surface area contributed by atoms with Gasteiger partial charge in [-0.15, -0.1) is 0 Å². The standard InChI is InChI=1S/C23H33N3O4S/c1-4-23(21-13-9-6-10-14-21,22(27)24-19-20-11-7-5-8-12-20)15-17-26(2)31(28,29)25-16-18-30-3/h5-14,25H,4,15-19H2,1-3H3,(H,24,27). The molecule has 8 heteroatoms. The minimum absolute atomic E-state index is 0.108. The first-order valence-corrected chi connectivity index (χ1v) is 11.9. The summed E-state index contributed by atoms with van der Waals surface area (Å²) in [4.78, 5) is 13.4. The van der Waals surface area contributed by atoms with E-state index in [1.807, 2.05) is 67.6 Å². The molecule has 0 aromatic heterocycles. The van der Waals surface area contributed by atoms with E-state index in [4.69, 9.17) is 4.74 Å². The lowest BCUT2D eigenvalue weighted by molar-refractivity contribution is -0.127. The Hall–Kier alpha value is -2.26. The van der Waals surface area contributed by atoms with Gasteiger partial charge in [0.2, 0.25) is 5.91 Å². The van der Waals surface area contributed by atoms with Crippen LogP contribution in [0.3, 0.4) is 0 Å². The van der Waals surface area contributed by atoms with Gasteiger partial charge in [-0.05, 0) is 24.0 Å². The van der Waals surface area contributed by atoms with E-state index in [1.165, 1.54) is 18.5 Å². The Morgan fingerprint density at radius 3 is 2.26 bits per heavy atom. The first-order valence-electron chi connectivity index (χ1n) is 10.4. The quantitative estimate of drug-likeness (QED) is 0.462. The molecular weight excluding hydrogens is 414 g/mol. The molecule has 0 saturated heterocycles. The molecule has 2 N–H and O–H groups in total. The predicted molar refractivity (Wildman–Crippen MR) is 123 cm³/mol. The lowest BCUT2D eigenvalue weighted by atomic mass is 9.74. The van der Waals surface area contributed by atoms with Crippen LogP contribution in [0.2, 0.25) is 0 Å². The van der Waals surface area contributed by atoms with E-state index in [0.717, 1.165) is 11.1 Å². The summed E-state index contributed by atoms with van der Waals surface area (Å²) < 4.78 is 33.6. The second-order valence-corrected chi connectivity index (χ2v) is 9.30. The van der Waals surface area contributed by atoms with Crippen LogP contribution in [0.1, 0.15) is 30.9 Å². The summed E-state index contributed by atoms with van der Waals surface area (Å²) in [5.74, 6) is -0.108. The SMILES string of the molecule is CCC(CCN(C)S(=O)(=O)NCCOC)(C(=O)NCc1ccccc1)c1ccccc1. The van der Waals surface area contributed by atoms with E-state index >= 15 is 0 Å². The van der Waals surface area contributed by atoms with Crippen molar-refractivity contribution in [2.24, 2.45) is 0 Å². The minimum Gasteiger partial charge on any atom is -0.383 e. The molecule has 1 unspecified atom stereocenters. The number of hydrogen-bond donors (Lipinski definition) is 2. The minimum atomic E-state index is -3.65. The number of rotatable bonds is 13. The summed E-state index contributed by atoms with van der Waals surface area (Å²) in [5, 5.41) is 3.05. The Balaban J connectivity index is 2.19. The molecule has 2 aromatic rings. The van der Waals surface area contributed by atoms with Gasteiger partial charge in [-0.2, -0.15) is 17.4 Å². The van der Waals surface area contributed by atoms with Gasteiger partial charge in [0, 0.05) is 33.8 Å². The van der Waals surface area contributed by atoms with Crippen LogP contribution in [0.15, 0.2) is 60.7 Å². The van der Waals surface area contributed by atoms with Crippen molar-refractivity contribution in [3.63, 3.8) is 0 Å². The highest BCUT2D eigenvalue weighted by Crippen LogP contribution is 2.33. The molecule has 170 valence electrons. The molecule has 7 nitrogen and oxygen atoms in total. The Morgan fingerprint density at radius 2 is 1.68 bits per heavy atom. The lowest BCUT2D eigenvalue weighted by Crippen LogP contribution is -2.47. The summed E-state index contributed by atoms with van der Waals surface area (Å²) in [6.45, 7) is 3.06. The summed E-state index contributed by atoms with van der Waals surface area (Å²) in [6, 6.07) is 19.3. The molecule has 31 heavy (non-hydrogen) atoms. The third kappa shape index (κ3) is 6.87. The number of benzene rings is 2. The zero-order valence-corrected chi connectivity index (χ0v) is 19.3. The third-order valence-electron chi connectivity index (χ3n) is 5.51. The van der Waals surface area contributed by atoms with E-state index < -0.39 is 15.6 Å². The first-order chi connectivity index (χ1) is 14.9. The molecule has 0 spiro atoms. The van der Waals surface area contributed by atoms with Gasteiger partial charge in [0.25, 0.3) is 10.2 Å². The van der Waals surface area contributed by atoms with Gasteiger partial charge in [0.05, 0.1) is 12.0 Å². The van der Waals surface area contributed by atoms with E-state index in [0.29, 0.717) is 19.4 Å². The second-order valence-electron chi connectivity index (χ2n) is 7.43. The summed E-state index contributed by atoms with van der Waals surface area (Å²) in [6.07, 6.45) is 0.901. The maximum Gasteiger partial charge on any atom is 0.279 e. The van der Waals surface area contributed by atoms with E-state index in [-0.39, 0.29) is 25.6 Å². The van der Waals surface area contributed by atoms with Crippen LogP contribution in [0.4, 0.5) is 0 Å². The van der Waals surface area contributed by atoms with Crippen molar-refractivity contribution < 1.29 is 17.9 Å². The molecule has 0 saturated carbocycles. The molecule has 0 bridgehead atoms. The fourth-order valence-electron chi connectivity index (χ4n) is 3.49. The fourth-order valence-corrected chi connectivity index (χ4v) is 4.38. The highest BCUT2D eigenvalue weighted by molar-refractivity contribution is 7.87. The second kappa shape index (κ2) is 12.0. The van der Waals surface area contributed by atoms with Crippen LogP contribution >= 0.6 is 0 Å². The molecule has 2 rings (SSSR count). The topological polar surface area (TPSA) is 87.7 Å². The highest BCUT2D eigenvalue weighted by atomic mass is 32.2. The van der Waals surface area contributed by atoms with E-state index in [9.17, 15) is 13.2 Å². The van der Waals surface area contributed by atoms with Crippen LogP contribution in [0.25, 0.3) is 0 Å². The first kappa shape index (κ1) is 25.0. The molecule has 1 atom stereocenters. The molecule has 0 fully saturated rings. The fraction of sp³-hybridized carbons (Fsp3) is 0.435. The van der Waals surface area contributed by atoms with Gasteiger partial charge in [-0.25, -0.2) is 0 Å². The normalized spacial score (nSPS) is 13.7. The lowest BCUT2D eigenvalue weighted by Gasteiger charge is -2.33. The Kier molecular flexibility index (Phi) is 9.64. The smallest absolute Gasteiger partial charge is 0.279 e. The van der Waals surface area contributed by atoms with Gasteiger partial charge in [-0.1, -0.05) is 67.6 Å². The van der Waals surface area contributed by atoms with Gasteiger partial charge in [0.1, 0.15) is 0 Å². The number of nitrogens with one attached hydrogen (secondary N) is 2. The third-order valence-corrected chi connectivity index (χ3v) is 7.09. The summed E-state index contributed by atoms with van der Waals surface area (Å²) >= 11 is 0. The Labute approximate surface area is 186 Å². The molecule has 0 radical (unpaired) electrons. The number of carbonyl (C=O) groups excluding carboxylic acids is 1. The van der Waals surface area contributed by atoms with Crippen molar-refractivity contribution in [1.82, 2.24) is 14.3 Å². The zero-order chi connectivity index (χ0) is 22.7. The number of ether oxygens (including phenoxy) is 1. The molecule has 0 aliphatic rings. The number of amides is 1. The summed E-state index contributed by atoms with van der Waals surface area (Å²) in [5.41, 5.74) is 1.05. The van der Waals surface area contributed by atoms with Crippen LogP contribution in [0, 0.1) is 0 Å². The van der Waals surface area contributed by atoms with E-state index in [1.54, 1.807) is 0 Å². The maximum absolute atomic E-state index is 13.4. The number of methoxy groups -OCH3 is 1. The molecule has 0 heterocycles. The monoisotopic (exact) mass is 447 g/mol. The van der Waals surface area contributed by atoms with E-state index in [2.05, 4.69) is 10.0 Å². The molecule has 2 aromatic carbocycles. The van der Waals surface area contributed by atoms with Gasteiger partial charge < -0.3 is 10.1 Å². The van der Waals surface area contributed by atoms with Crippen molar-refractivity contribution in [2.75, 3.05) is 33.9 Å². The molecular formula is C23H33N3O4S. The maximum atomic E-state index is 13.4. The van der Waals surface area contributed by atoms with Gasteiger partial charge in [0.15, 0.2) is 0 Å². The highest BCUT2D eigenvalue weighted by Gasteiger charge is 2.39. The Bertz CT molecular complexity index is 907. The molecule has 1 amide bonds. The van der Waals surface area contributed by atoms with Crippen molar-refractivity contribution in [3.8, 4) is 0 Å². The van der Waals surface area contributed by atoms with Crippen molar-refractivity contribution >= 4 is 16.1 Å². The van der Waals surface area contributed by atoms with Crippen molar-refractivity contribution in [2.45, 2.75) is 31.7 Å². The van der Waals surface area contributed by atoms with Crippen molar-refractivity contribution in [1.29, 1.82) is 0 Å². The van der Waals surface area contributed by atoms with Gasteiger partial charge >= 0.3 is 0 Å². The number of hydrogen-bond acceptors (Lipinski definition) is 4. The number of carbonyl (C=O) groups is 1. The number of nitrogens with zero attached hydrogens (tertiary/aromatic N) is 1. The van der Waals surface area contributed by atoms with Crippen molar-refractivity contribution in [3.05, 3.63) is 71.8 Å². The molecule has 0 aliphatic carbocycles. The average molecular weight is 448 g/mol. The molecule has 0 aliphatic heterocycles. The van der Waals surface area contributed by atoms with Gasteiger partial charge in [-0.3, -0.25) is 4.79 Å². The largest absolute Gasteiger partial charge is 0.383 e. The zero-order valence-electron chi connectivity index (χ0n) is 18.5. The van der Waals surface area contributed by atoms with Crippen LogP contribution in [-0.4, -0.2) is 52.5 Å². The summed E-state index contributed by atoms with van der Waals surface area (Å²) in [7, 11) is -0.623.